The van der Waals surface area contributed by atoms with Crippen LogP contribution in [-0.4, -0.2) is 0 Å². The van der Waals surface area contributed by atoms with Crippen molar-refractivity contribution in [2.45, 2.75) is 0 Å². The van der Waals surface area contributed by atoms with E-state index >= 15 is 0 Å². The van der Waals surface area contributed by atoms with Crippen molar-refractivity contribution in [1.82, 2.24) is 0 Å². The fourth-order valence-electron chi connectivity index (χ4n) is 7.42. The summed E-state index contributed by atoms with van der Waals surface area (Å²) in [5, 5.41) is 10.6. The second-order valence-corrected chi connectivity index (χ2v) is 14.2. The van der Waals surface area contributed by atoms with E-state index in [1.807, 2.05) is 0 Å². The van der Waals surface area contributed by atoms with E-state index in [1.165, 1.54) is 94.7 Å². The number of hydrogen-bond donors (Lipinski definition) is 0. The Morgan fingerprint density at radius 3 is 1.00 bits per heavy atom. The highest BCUT2D eigenvalue weighted by atomic mass is 127. The molecule has 9 aromatic rings. The molecule has 0 radical (unpaired) electrons. The van der Waals surface area contributed by atoms with Crippen molar-refractivity contribution in [2.75, 3.05) is 0 Å². The molecule has 0 saturated heterocycles. The molecule has 2 heteroatoms. The lowest BCUT2D eigenvalue weighted by molar-refractivity contribution is 1.60. The van der Waals surface area contributed by atoms with Crippen LogP contribution in [-0.2, 0) is 0 Å². The van der Waals surface area contributed by atoms with E-state index in [0.717, 1.165) is 0 Å². The zero-order valence-corrected chi connectivity index (χ0v) is 29.1. The molecule has 9 rings (SSSR count). The van der Waals surface area contributed by atoms with Crippen molar-refractivity contribution in [2.24, 2.45) is 0 Å². The molecule has 0 atom stereocenters. The Balaban J connectivity index is 1.48. The second-order valence-electron chi connectivity index (χ2n) is 11.8. The smallest absolute Gasteiger partial charge is 0.0209 e. The maximum Gasteiger partial charge on any atom is 0.0209 e. The third-order valence-corrected chi connectivity index (χ3v) is 11.3. The van der Waals surface area contributed by atoms with E-state index in [9.17, 15) is 0 Å². The molecule has 0 amide bonds. The van der Waals surface area contributed by atoms with Crippen LogP contribution in [0.2, 0.25) is 0 Å². The summed E-state index contributed by atoms with van der Waals surface area (Å²) in [6.07, 6.45) is 0. The Bertz CT molecular complexity index is 2400. The average Bonchev–Trinajstić information content (AvgIpc) is 3.12. The van der Waals surface area contributed by atoms with Gasteiger partial charge in [0.25, 0.3) is 0 Å². The van der Waals surface area contributed by atoms with Crippen LogP contribution in [0.25, 0.3) is 87.6 Å². The van der Waals surface area contributed by atoms with Gasteiger partial charge in [-0.1, -0.05) is 146 Å². The van der Waals surface area contributed by atoms with E-state index < -0.39 is 0 Å². The van der Waals surface area contributed by atoms with E-state index in [0.29, 0.717) is 0 Å². The van der Waals surface area contributed by atoms with Crippen LogP contribution in [0, 0.1) is 7.14 Å². The van der Waals surface area contributed by atoms with Crippen LogP contribution in [0.15, 0.2) is 158 Å². The summed E-state index contributed by atoms with van der Waals surface area (Å²) in [4.78, 5) is 0. The quantitative estimate of drug-likeness (QED) is 0.0944. The molecule has 0 nitrogen and oxygen atoms in total. The average molecular weight is 808 g/mol. The van der Waals surface area contributed by atoms with Gasteiger partial charge in [-0.3, -0.25) is 0 Å². The fraction of sp³-hybridized carbons (Fsp3) is 0. The lowest BCUT2D eigenvalue weighted by Gasteiger charge is -2.22. The normalized spacial score (nSPS) is 11.7. The number of benzene rings is 9. The molecule has 0 bridgehead atoms. The van der Waals surface area contributed by atoms with Crippen LogP contribution in [0.1, 0.15) is 0 Å². The van der Waals surface area contributed by atoms with Gasteiger partial charge in [-0.15, -0.1) is 0 Å². The van der Waals surface area contributed by atoms with Gasteiger partial charge in [0.15, 0.2) is 0 Å². The Labute approximate surface area is 295 Å². The summed E-state index contributed by atoms with van der Waals surface area (Å²) in [5.74, 6) is 0. The van der Waals surface area contributed by atoms with E-state index in [4.69, 9.17) is 0 Å². The van der Waals surface area contributed by atoms with Crippen LogP contribution >= 0.6 is 45.2 Å². The molecular weight excluding hydrogens is 782 g/mol. The van der Waals surface area contributed by atoms with Gasteiger partial charge in [-0.2, -0.15) is 0 Å². The molecule has 0 unspecified atom stereocenters. The van der Waals surface area contributed by atoms with Crippen molar-refractivity contribution < 1.29 is 0 Å². The van der Waals surface area contributed by atoms with Gasteiger partial charge in [-0.25, -0.2) is 0 Å². The highest BCUT2D eigenvalue weighted by Gasteiger charge is 2.22. The zero-order valence-electron chi connectivity index (χ0n) is 24.8. The molecular formula is C44H26I2. The van der Waals surface area contributed by atoms with Crippen LogP contribution < -0.4 is 0 Å². The largest absolute Gasteiger partial charge is 0.0622 e. The second kappa shape index (κ2) is 11.2. The molecule has 9 aromatic carbocycles. The van der Waals surface area contributed by atoms with Gasteiger partial charge in [-0.05, 0) is 145 Å². The first-order valence-corrected chi connectivity index (χ1v) is 17.7. The Morgan fingerprint density at radius 1 is 0.239 bits per heavy atom. The molecule has 0 aliphatic heterocycles. The van der Waals surface area contributed by atoms with Crippen molar-refractivity contribution in [3.8, 4) is 44.5 Å². The first kappa shape index (κ1) is 28.0. The topological polar surface area (TPSA) is 0 Å². The maximum atomic E-state index is 2.52. The third-order valence-electron chi connectivity index (χ3n) is 9.40. The predicted octanol–water partition coefficient (Wildman–Crippen LogP) is 13.6. The summed E-state index contributed by atoms with van der Waals surface area (Å²) >= 11 is 5.04. The molecule has 46 heavy (non-hydrogen) atoms. The Kier molecular flexibility index (Phi) is 6.83. The van der Waals surface area contributed by atoms with Crippen molar-refractivity contribution in [3.05, 3.63) is 165 Å². The SMILES string of the molecule is Ic1ccc2c3c(-c4ccccc4-c4ccccc4)ccc4c(I)ccc(c5c(-c6ccccc6-c6ccccc6)ccc1c25)c43. The third kappa shape index (κ3) is 4.30. The van der Waals surface area contributed by atoms with Crippen LogP contribution in [0.3, 0.4) is 0 Å². The van der Waals surface area contributed by atoms with E-state index in [-0.39, 0.29) is 0 Å². The highest BCUT2D eigenvalue weighted by molar-refractivity contribution is 14.1. The first-order chi connectivity index (χ1) is 22.7. The van der Waals surface area contributed by atoms with Crippen LogP contribution in [0.5, 0.6) is 0 Å². The van der Waals surface area contributed by atoms with E-state index in [1.54, 1.807) is 0 Å². The minimum atomic E-state index is 1.23. The monoisotopic (exact) mass is 808 g/mol. The first-order valence-electron chi connectivity index (χ1n) is 15.5. The number of fused-ring (bicyclic) bond motifs is 2. The standard InChI is InChI=1S/C44H26I2/c45-39-26-24-38-42-34(32-18-10-8-16-30(32)28-13-5-2-6-14-28)20-22-36-40(46)25-23-37(44(36)42)41-33(19-21-35(39)43(38)41)31-17-9-7-15-29(31)27-11-3-1-4-12-27/h1-26H. The van der Waals surface area contributed by atoms with Gasteiger partial charge in [0, 0.05) is 7.14 Å². The highest BCUT2D eigenvalue weighted by Crippen LogP contribution is 2.50. The minimum Gasteiger partial charge on any atom is -0.0622 e. The van der Waals surface area contributed by atoms with Crippen molar-refractivity contribution in [3.63, 3.8) is 0 Å². The van der Waals surface area contributed by atoms with Crippen molar-refractivity contribution in [1.29, 1.82) is 0 Å². The molecule has 216 valence electrons. The van der Waals surface area contributed by atoms with Gasteiger partial charge in [0.05, 0.1) is 0 Å². The molecule has 0 aromatic heterocycles. The summed E-state index contributed by atoms with van der Waals surface area (Å²) in [5.41, 5.74) is 10.0. The van der Waals surface area contributed by atoms with Gasteiger partial charge >= 0.3 is 0 Å². The van der Waals surface area contributed by atoms with Gasteiger partial charge in [0.2, 0.25) is 0 Å². The van der Waals surface area contributed by atoms with Crippen molar-refractivity contribution >= 4 is 88.3 Å². The number of halogens is 2. The van der Waals surface area contributed by atoms with Gasteiger partial charge in [0.1, 0.15) is 0 Å². The molecule has 0 spiro atoms. The molecule has 0 N–H and O–H groups in total. The summed E-state index contributed by atoms with van der Waals surface area (Å²) in [6, 6.07) is 58.1. The Hall–Kier alpha value is -4.26. The Morgan fingerprint density at radius 2 is 0.587 bits per heavy atom. The predicted molar refractivity (Wildman–Crippen MR) is 215 cm³/mol. The zero-order chi connectivity index (χ0) is 30.8. The van der Waals surface area contributed by atoms with Crippen LogP contribution in [0.4, 0.5) is 0 Å². The molecule has 0 saturated carbocycles. The molecule has 0 aliphatic carbocycles. The summed E-state index contributed by atoms with van der Waals surface area (Å²) in [6.45, 7) is 0. The fourth-order valence-corrected chi connectivity index (χ4v) is 8.68. The lowest BCUT2D eigenvalue weighted by atomic mass is 9.82. The number of rotatable bonds is 4. The maximum absolute atomic E-state index is 2.52. The molecule has 0 aliphatic rings. The summed E-state index contributed by atoms with van der Waals surface area (Å²) < 4.78 is 2.54. The molecule has 0 heterocycles. The summed E-state index contributed by atoms with van der Waals surface area (Å²) in [7, 11) is 0. The van der Waals surface area contributed by atoms with Gasteiger partial charge < -0.3 is 0 Å². The lowest BCUT2D eigenvalue weighted by Crippen LogP contribution is -1.95. The molecule has 0 fully saturated rings. The van der Waals surface area contributed by atoms with E-state index in [2.05, 4.69) is 203 Å². The minimum absolute atomic E-state index is 1.23. The number of hydrogen-bond acceptors (Lipinski definition) is 0.